The number of hydrogen-bond acceptors (Lipinski definition) is 6. The van der Waals surface area contributed by atoms with Crippen LogP contribution in [0.3, 0.4) is 0 Å². The highest BCUT2D eigenvalue weighted by Crippen LogP contribution is 2.31. The number of carbonyl (C=O) groups excluding carboxylic acids is 2. The second-order valence-corrected chi connectivity index (χ2v) is 7.34. The SMILES string of the molecule is CC(C)C[C@H](NC(=O)CNC(=O)[C@@H]1CCN1c1ccc(C(F)(F)F)cn1)B(O)O. The molecule has 12 heteroatoms. The normalized spacial score (nSPS) is 17.5. The Balaban J connectivity index is 1.87. The number of hydrogen-bond donors (Lipinski definition) is 4. The Morgan fingerprint density at radius 1 is 1.34 bits per heavy atom. The van der Waals surface area contributed by atoms with Gasteiger partial charge in [0.15, 0.2) is 0 Å². The molecule has 8 nitrogen and oxygen atoms in total. The van der Waals surface area contributed by atoms with Crippen molar-refractivity contribution >= 4 is 24.8 Å². The molecule has 1 aliphatic heterocycles. The van der Waals surface area contributed by atoms with Gasteiger partial charge in [0.05, 0.1) is 18.0 Å². The molecule has 0 bridgehead atoms. The molecular weight excluding hydrogens is 392 g/mol. The van der Waals surface area contributed by atoms with Gasteiger partial charge in [-0.05, 0) is 30.9 Å². The predicted octanol–water partition coefficient (Wildman–Crippen LogP) is 0.338. The third kappa shape index (κ3) is 6.33. The van der Waals surface area contributed by atoms with E-state index in [4.69, 9.17) is 0 Å². The van der Waals surface area contributed by atoms with Gasteiger partial charge in [0.25, 0.3) is 0 Å². The summed E-state index contributed by atoms with van der Waals surface area (Å²) in [6.07, 6.45) is -2.94. The summed E-state index contributed by atoms with van der Waals surface area (Å²) in [7, 11) is -1.72. The molecule has 0 spiro atoms. The summed E-state index contributed by atoms with van der Waals surface area (Å²) < 4.78 is 37.9. The van der Waals surface area contributed by atoms with Gasteiger partial charge in [-0.1, -0.05) is 13.8 Å². The molecule has 2 heterocycles. The number of carbonyl (C=O) groups is 2. The summed E-state index contributed by atoms with van der Waals surface area (Å²) in [5.74, 6) is -1.52. The number of alkyl halides is 3. The zero-order valence-corrected chi connectivity index (χ0v) is 16.1. The van der Waals surface area contributed by atoms with E-state index in [1.807, 2.05) is 13.8 Å². The Labute approximate surface area is 166 Å². The summed E-state index contributed by atoms with van der Waals surface area (Å²) in [4.78, 5) is 29.6. The zero-order chi connectivity index (χ0) is 21.8. The zero-order valence-electron chi connectivity index (χ0n) is 16.1. The second kappa shape index (κ2) is 9.44. The molecule has 0 unspecified atom stereocenters. The fourth-order valence-electron chi connectivity index (χ4n) is 2.96. The first kappa shape index (κ1) is 22.9. The van der Waals surface area contributed by atoms with Crippen LogP contribution < -0.4 is 15.5 Å². The van der Waals surface area contributed by atoms with Gasteiger partial charge < -0.3 is 25.6 Å². The first-order valence-electron chi connectivity index (χ1n) is 9.22. The molecule has 29 heavy (non-hydrogen) atoms. The maximum Gasteiger partial charge on any atom is 0.475 e. The summed E-state index contributed by atoms with van der Waals surface area (Å²) in [5, 5.41) is 23.6. The van der Waals surface area contributed by atoms with Gasteiger partial charge in [-0.2, -0.15) is 13.2 Å². The van der Waals surface area contributed by atoms with E-state index in [9.17, 15) is 32.8 Å². The molecule has 1 fully saturated rings. The Bertz CT molecular complexity index is 716. The van der Waals surface area contributed by atoms with Gasteiger partial charge >= 0.3 is 13.3 Å². The maximum atomic E-state index is 12.6. The van der Waals surface area contributed by atoms with Gasteiger partial charge in [-0.25, -0.2) is 4.98 Å². The van der Waals surface area contributed by atoms with E-state index in [0.29, 0.717) is 25.6 Å². The van der Waals surface area contributed by atoms with E-state index in [-0.39, 0.29) is 18.3 Å². The van der Waals surface area contributed by atoms with Crippen LogP contribution in [-0.2, 0) is 15.8 Å². The summed E-state index contributed by atoms with van der Waals surface area (Å²) in [6.45, 7) is 3.83. The molecule has 1 saturated heterocycles. The molecule has 1 aromatic heterocycles. The third-order valence-corrected chi connectivity index (χ3v) is 4.55. The highest BCUT2D eigenvalue weighted by Gasteiger charge is 2.36. The molecule has 0 aliphatic carbocycles. The van der Waals surface area contributed by atoms with Crippen LogP contribution in [0.25, 0.3) is 0 Å². The highest BCUT2D eigenvalue weighted by atomic mass is 19.4. The molecule has 0 aromatic carbocycles. The van der Waals surface area contributed by atoms with Gasteiger partial charge in [0.1, 0.15) is 11.9 Å². The average molecular weight is 416 g/mol. The Kier molecular flexibility index (Phi) is 7.47. The second-order valence-electron chi connectivity index (χ2n) is 7.34. The number of anilines is 1. The predicted molar refractivity (Wildman–Crippen MR) is 99.6 cm³/mol. The Morgan fingerprint density at radius 3 is 2.48 bits per heavy atom. The molecule has 1 aliphatic rings. The number of rotatable bonds is 8. The number of nitrogens with one attached hydrogen (secondary N) is 2. The van der Waals surface area contributed by atoms with Crippen molar-refractivity contribution in [1.82, 2.24) is 15.6 Å². The third-order valence-electron chi connectivity index (χ3n) is 4.55. The van der Waals surface area contributed by atoms with Crippen molar-refractivity contribution in [3.8, 4) is 0 Å². The molecule has 2 atom stereocenters. The first-order chi connectivity index (χ1) is 13.5. The Hall–Kier alpha value is -2.34. The molecule has 2 rings (SSSR count). The fourth-order valence-corrected chi connectivity index (χ4v) is 2.96. The molecular formula is C17H24BF3N4O4. The maximum absolute atomic E-state index is 12.6. The van der Waals surface area contributed by atoms with Crippen molar-refractivity contribution in [3.63, 3.8) is 0 Å². The van der Waals surface area contributed by atoms with Gasteiger partial charge in [-0.3, -0.25) is 9.59 Å². The average Bonchev–Trinajstić information content (AvgIpc) is 2.57. The van der Waals surface area contributed by atoms with Crippen molar-refractivity contribution in [2.75, 3.05) is 18.0 Å². The monoisotopic (exact) mass is 416 g/mol. The van der Waals surface area contributed by atoms with Gasteiger partial charge in [0.2, 0.25) is 11.8 Å². The first-order valence-corrected chi connectivity index (χ1v) is 9.22. The minimum Gasteiger partial charge on any atom is -0.426 e. The highest BCUT2D eigenvalue weighted by molar-refractivity contribution is 6.43. The molecule has 0 saturated carbocycles. The minimum atomic E-state index is -4.49. The fraction of sp³-hybridized carbons (Fsp3) is 0.588. The smallest absolute Gasteiger partial charge is 0.426 e. The van der Waals surface area contributed by atoms with Crippen LogP contribution in [0.4, 0.5) is 19.0 Å². The Morgan fingerprint density at radius 2 is 2.03 bits per heavy atom. The van der Waals surface area contributed by atoms with E-state index < -0.39 is 42.7 Å². The molecule has 0 radical (unpaired) electrons. The topological polar surface area (TPSA) is 115 Å². The van der Waals surface area contributed by atoms with Gasteiger partial charge in [0, 0.05) is 12.7 Å². The van der Waals surface area contributed by atoms with E-state index in [1.165, 1.54) is 6.07 Å². The summed E-state index contributed by atoms with van der Waals surface area (Å²) >= 11 is 0. The van der Waals surface area contributed by atoms with E-state index >= 15 is 0 Å². The van der Waals surface area contributed by atoms with Gasteiger partial charge in [-0.15, -0.1) is 0 Å². The number of amides is 2. The lowest BCUT2D eigenvalue weighted by atomic mass is 9.75. The lowest BCUT2D eigenvalue weighted by Crippen LogP contribution is -2.58. The number of aromatic nitrogens is 1. The molecule has 2 amide bonds. The van der Waals surface area contributed by atoms with Crippen molar-refractivity contribution in [2.24, 2.45) is 5.92 Å². The quantitative estimate of drug-likeness (QED) is 0.455. The summed E-state index contributed by atoms with van der Waals surface area (Å²) in [6, 6.07) is 1.47. The van der Waals surface area contributed by atoms with Crippen LogP contribution in [0.5, 0.6) is 0 Å². The largest absolute Gasteiger partial charge is 0.475 e. The molecule has 4 N–H and O–H groups in total. The summed E-state index contributed by atoms with van der Waals surface area (Å²) in [5.41, 5.74) is -0.874. The van der Waals surface area contributed by atoms with Crippen molar-refractivity contribution in [3.05, 3.63) is 23.9 Å². The molecule has 160 valence electrons. The number of halogens is 3. The van der Waals surface area contributed by atoms with Crippen LogP contribution in [0.2, 0.25) is 0 Å². The molecule has 1 aromatic rings. The van der Waals surface area contributed by atoms with Crippen LogP contribution in [0.15, 0.2) is 18.3 Å². The van der Waals surface area contributed by atoms with Crippen LogP contribution in [0.1, 0.15) is 32.3 Å². The minimum absolute atomic E-state index is 0.122. The van der Waals surface area contributed by atoms with Crippen molar-refractivity contribution in [1.29, 1.82) is 0 Å². The van der Waals surface area contributed by atoms with E-state index in [2.05, 4.69) is 15.6 Å². The lowest BCUT2D eigenvalue weighted by Gasteiger charge is -2.40. The van der Waals surface area contributed by atoms with Crippen LogP contribution in [-0.4, -0.2) is 59.0 Å². The van der Waals surface area contributed by atoms with E-state index in [0.717, 1.165) is 6.07 Å². The number of nitrogens with zero attached hydrogens (tertiary/aromatic N) is 2. The van der Waals surface area contributed by atoms with Crippen LogP contribution >= 0.6 is 0 Å². The van der Waals surface area contributed by atoms with Crippen molar-refractivity contribution < 1.29 is 32.8 Å². The van der Waals surface area contributed by atoms with Crippen molar-refractivity contribution in [2.45, 2.75) is 44.8 Å². The standard InChI is InChI=1S/C17H24BF3N4O4/c1-10(2)7-13(18(28)29)24-15(26)9-23-16(27)12-5-6-25(12)14-4-3-11(8-22-14)17(19,20)21/h3-4,8,10,12-13,28-29H,5-7,9H2,1-2H3,(H,23,27)(H,24,26)/t12-,13-/m0/s1. The number of pyridine rings is 1. The lowest BCUT2D eigenvalue weighted by molar-refractivity contribution is -0.137. The van der Waals surface area contributed by atoms with Crippen LogP contribution in [0, 0.1) is 5.92 Å². The van der Waals surface area contributed by atoms with E-state index in [1.54, 1.807) is 4.90 Å².